The van der Waals surface area contributed by atoms with Gasteiger partial charge in [0, 0.05) is 18.8 Å². The van der Waals surface area contributed by atoms with Crippen LogP contribution >= 0.6 is 0 Å². The topological polar surface area (TPSA) is 55.4 Å². The molecule has 0 aliphatic carbocycles. The van der Waals surface area contributed by atoms with Crippen molar-refractivity contribution in [2.24, 2.45) is 0 Å². The van der Waals surface area contributed by atoms with E-state index in [0.29, 0.717) is 30.9 Å². The third-order valence-electron chi connectivity index (χ3n) is 4.15. The van der Waals surface area contributed by atoms with Crippen molar-refractivity contribution in [1.82, 2.24) is 5.32 Å². The molecule has 0 aliphatic heterocycles. The Morgan fingerprint density at radius 2 is 1.75 bits per heavy atom. The average molecular weight is 347 g/mol. The number of nitrogens with one attached hydrogen (secondary N) is 1. The van der Waals surface area contributed by atoms with E-state index in [1.54, 1.807) is 24.3 Å². The number of benzene rings is 2. The van der Waals surface area contributed by atoms with Gasteiger partial charge in [0.05, 0.1) is 4.90 Å². The highest BCUT2D eigenvalue weighted by atomic mass is 32.2. The lowest BCUT2D eigenvalue weighted by molar-refractivity contribution is 0.302. The minimum Gasteiger partial charge on any atom is -0.492 e. The summed E-state index contributed by atoms with van der Waals surface area (Å²) in [6.45, 7) is 5.53. The van der Waals surface area contributed by atoms with Gasteiger partial charge in [0.1, 0.15) is 12.4 Å². The van der Waals surface area contributed by atoms with Gasteiger partial charge < -0.3 is 10.1 Å². The third-order valence-corrected chi connectivity index (χ3v) is 5.26. The monoisotopic (exact) mass is 347 g/mol. The summed E-state index contributed by atoms with van der Waals surface area (Å²) >= 11 is 0. The van der Waals surface area contributed by atoms with Gasteiger partial charge >= 0.3 is 0 Å². The van der Waals surface area contributed by atoms with Gasteiger partial charge in [-0.25, -0.2) is 8.42 Å². The Morgan fingerprint density at radius 3 is 2.42 bits per heavy atom. The van der Waals surface area contributed by atoms with E-state index in [9.17, 15) is 8.42 Å². The summed E-state index contributed by atoms with van der Waals surface area (Å²) in [6, 6.07) is 17.3. The number of rotatable bonds is 8. The molecule has 0 spiro atoms. The summed E-state index contributed by atoms with van der Waals surface area (Å²) in [5, 5.41) is 3.45. The highest BCUT2D eigenvalue weighted by Crippen LogP contribution is 2.19. The smallest absolute Gasteiger partial charge is 0.175 e. The van der Waals surface area contributed by atoms with E-state index in [1.807, 2.05) is 6.07 Å². The van der Waals surface area contributed by atoms with Crippen LogP contribution in [-0.2, 0) is 9.84 Å². The van der Waals surface area contributed by atoms with Crippen LogP contribution in [0.15, 0.2) is 59.5 Å². The molecule has 0 unspecified atom stereocenters. The Balaban J connectivity index is 1.81. The fraction of sp³-hybridized carbons (Fsp3) is 0.368. The molecule has 0 saturated carbocycles. The lowest BCUT2D eigenvalue weighted by Gasteiger charge is -2.22. The summed E-state index contributed by atoms with van der Waals surface area (Å²) in [5.41, 5.74) is 1.30. The van der Waals surface area contributed by atoms with E-state index < -0.39 is 9.84 Å². The van der Waals surface area contributed by atoms with E-state index in [-0.39, 0.29) is 4.90 Å². The molecule has 5 heteroatoms. The Labute approximate surface area is 144 Å². The normalized spacial score (nSPS) is 14.1. The quantitative estimate of drug-likeness (QED) is 0.745. The summed E-state index contributed by atoms with van der Waals surface area (Å²) in [5.74, 6) is 0.975. The second-order valence-electron chi connectivity index (χ2n) is 6.04. The first-order valence-corrected chi connectivity index (χ1v) is 9.98. The zero-order valence-corrected chi connectivity index (χ0v) is 15.2. The number of hydrogen-bond donors (Lipinski definition) is 1. The van der Waals surface area contributed by atoms with E-state index in [4.69, 9.17) is 4.74 Å². The SMILES string of the molecule is C[C@H](NCCOc1cccc(S(C)(=O)=O)c1)[C@H](C)c1ccccc1. The number of sulfone groups is 1. The van der Waals surface area contributed by atoms with Gasteiger partial charge in [0.15, 0.2) is 9.84 Å². The minimum atomic E-state index is -3.21. The van der Waals surface area contributed by atoms with Crippen molar-refractivity contribution >= 4 is 9.84 Å². The Kier molecular flexibility index (Phi) is 6.40. The highest BCUT2D eigenvalue weighted by molar-refractivity contribution is 7.90. The van der Waals surface area contributed by atoms with Gasteiger partial charge in [0.25, 0.3) is 0 Å². The first-order valence-electron chi connectivity index (χ1n) is 8.09. The highest BCUT2D eigenvalue weighted by Gasteiger charge is 2.13. The first kappa shape index (κ1) is 18.5. The maximum atomic E-state index is 11.5. The maximum Gasteiger partial charge on any atom is 0.175 e. The van der Waals surface area contributed by atoms with E-state index in [1.165, 1.54) is 11.8 Å². The lowest BCUT2D eigenvalue weighted by atomic mass is 9.94. The van der Waals surface area contributed by atoms with Crippen molar-refractivity contribution in [2.45, 2.75) is 30.7 Å². The summed E-state index contributed by atoms with van der Waals surface area (Å²) in [6.07, 6.45) is 1.19. The largest absolute Gasteiger partial charge is 0.492 e. The van der Waals surface area contributed by atoms with Gasteiger partial charge in [-0.2, -0.15) is 0 Å². The molecular weight excluding hydrogens is 322 g/mol. The minimum absolute atomic E-state index is 0.277. The molecule has 2 aromatic carbocycles. The Bertz CT molecular complexity index is 744. The van der Waals surface area contributed by atoms with Crippen LogP contribution in [-0.4, -0.2) is 33.9 Å². The standard InChI is InChI=1S/C19H25NO3S/c1-15(17-8-5-4-6-9-17)16(2)20-12-13-23-18-10-7-11-19(14-18)24(3,21)22/h4-11,14-16,20H,12-13H2,1-3H3/t15-,16-/m0/s1. The lowest BCUT2D eigenvalue weighted by Crippen LogP contribution is -2.34. The van der Waals surface area contributed by atoms with Crippen molar-refractivity contribution in [3.8, 4) is 5.75 Å². The predicted molar refractivity (Wildman–Crippen MR) is 97.4 cm³/mol. The van der Waals surface area contributed by atoms with Crippen LogP contribution in [0.3, 0.4) is 0 Å². The zero-order chi connectivity index (χ0) is 17.6. The molecule has 0 heterocycles. The molecule has 4 nitrogen and oxygen atoms in total. The molecule has 0 fully saturated rings. The fourth-order valence-corrected chi connectivity index (χ4v) is 3.13. The van der Waals surface area contributed by atoms with Crippen molar-refractivity contribution < 1.29 is 13.2 Å². The molecule has 2 rings (SSSR count). The van der Waals surface area contributed by atoms with Gasteiger partial charge in [-0.1, -0.05) is 43.3 Å². The molecule has 24 heavy (non-hydrogen) atoms. The zero-order valence-electron chi connectivity index (χ0n) is 14.4. The second-order valence-corrected chi connectivity index (χ2v) is 8.05. The van der Waals surface area contributed by atoms with E-state index in [2.05, 4.69) is 43.4 Å². The molecule has 0 aromatic heterocycles. The average Bonchev–Trinajstić information content (AvgIpc) is 2.58. The van der Waals surface area contributed by atoms with E-state index >= 15 is 0 Å². The molecule has 0 saturated heterocycles. The van der Waals surface area contributed by atoms with Crippen LogP contribution in [0.25, 0.3) is 0 Å². The van der Waals surface area contributed by atoms with Crippen LogP contribution in [0.1, 0.15) is 25.3 Å². The molecule has 0 radical (unpaired) electrons. The molecule has 0 amide bonds. The van der Waals surface area contributed by atoms with E-state index in [0.717, 1.165) is 0 Å². The van der Waals surface area contributed by atoms with Gasteiger partial charge in [-0.05, 0) is 36.6 Å². The predicted octanol–water partition coefficient (Wildman–Crippen LogP) is 3.25. The van der Waals surface area contributed by atoms with Crippen LogP contribution in [0.4, 0.5) is 0 Å². The molecule has 2 aromatic rings. The van der Waals surface area contributed by atoms with Crippen LogP contribution < -0.4 is 10.1 Å². The van der Waals surface area contributed by atoms with Crippen molar-refractivity contribution in [3.05, 3.63) is 60.2 Å². The van der Waals surface area contributed by atoms with Crippen molar-refractivity contribution in [1.29, 1.82) is 0 Å². The third kappa shape index (κ3) is 5.35. The Morgan fingerprint density at radius 1 is 1.04 bits per heavy atom. The molecule has 130 valence electrons. The summed E-state index contributed by atoms with van der Waals surface area (Å²) in [7, 11) is -3.21. The van der Waals surface area contributed by atoms with Gasteiger partial charge in [-0.3, -0.25) is 0 Å². The van der Waals surface area contributed by atoms with Crippen molar-refractivity contribution in [3.63, 3.8) is 0 Å². The second kappa shape index (κ2) is 8.31. The first-order chi connectivity index (χ1) is 11.4. The van der Waals surface area contributed by atoms with Crippen molar-refractivity contribution in [2.75, 3.05) is 19.4 Å². The molecule has 2 atom stereocenters. The number of hydrogen-bond acceptors (Lipinski definition) is 4. The van der Waals surface area contributed by atoms with Crippen LogP contribution in [0.2, 0.25) is 0 Å². The van der Waals surface area contributed by atoms with Gasteiger partial charge in [-0.15, -0.1) is 0 Å². The molecule has 1 N–H and O–H groups in total. The van der Waals surface area contributed by atoms with Crippen LogP contribution in [0, 0.1) is 0 Å². The molecular formula is C19H25NO3S. The number of ether oxygens (including phenoxy) is 1. The summed E-state index contributed by atoms with van der Waals surface area (Å²) < 4.78 is 28.7. The molecule has 0 aliphatic rings. The maximum absolute atomic E-state index is 11.5. The van der Waals surface area contributed by atoms with Gasteiger partial charge in [0.2, 0.25) is 0 Å². The Hall–Kier alpha value is -1.85. The van der Waals surface area contributed by atoms with Crippen LogP contribution in [0.5, 0.6) is 5.75 Å². The summed E-state index contributed by atoms with van der Waals surface area (Å²) in [4.78, 5) is 0.277. The molecule has 0 bridgehead atoms. The fourth-order valence-electron chi connectivity index (χ4n) is 2.47.